The van der Waals surface area contributed by atoms with Gasteiger partial charge in [0, 0.05) is 26.2 Å². The number of sulfonamides is 1. The number of halogens is 1. The molecule has 0 aromatic heterocycles. The summed E-state index contributed by atoms with van der Waals surface area (Å²) in [5, 5.41) is 6.82. The molecule has 1 aliphatic carbocycles. The third-order valence-electron chi connectivity index (χ3n) is 6.37. The zero-order valence-corrected chi connectivity index (χ0v) is 21.9. The van der Waals surface area contributed by atoms with Gasteiger partial charge in [0.15, 0.2) is 5.96 Å². The Hall–Kier alpha value is -0.910. The first-order valence-corrected chi connectivity index (χ1v) is 12.7. The number of hydrogen-bond acceptors (Lipinski definition) is 4. The minimum Gasteiger partial charge on any atom is -0.379 e. The topological polar surface area (TPSA) is 83.0 Å². The number of nitrogens with zero attached hydrogens (tertiary/aromatic N) is 2. The average Bonchev–Trinajstić information content (AvgIpc) is 2.73. The van der Waals surface area contributed by atoms with Gasteiger partial charge in [-0.25, -0.2) is 13.4 Å². The van der Waals surface area contributed by atoms with E-state index in [1.165, 1.54) is 30.0 Å². The molecule has 31 heavy (non-hydrogen) atoms. The monoisotopic (exact) mass is 564 g/mol. The number of benzene rings is 1. The molecule has 1 saturated heterocycles. The maximum atomic E-state index is 12.8. The number of nitrogens with one attached hydrogen (secondary N) is 2. The molecular formula is C22H37IN4O3S. The van der Waals surface area contributed by atoms with Crippen molar-refractivity contribution in [1.82, 2.24) is 14.9 Å². The molecule has 0 amide bonds. The summed E-state index contributed by atoms with van der Waals surface area (Å²) in [6.07, 6.45) is 5.05. The van der Waals surface area contributed by atoms with Crippen LogP contribution in [0.4, 0.5) is 0 Å². The van der Waals surface area contributed by atoms with Crippen LogP contribution in [0.2, 0.25) is 0 Å². The first-order valence-electron chi connectivity index (χ1n) is 11.1. The number of rotatable bonds is 9. The van der Waals surface area contributed by atoms with Gasteiger partial charge in [0.2, 0.25) is 10.0 Å². The van der Waals surface area contributed by atoms with Crippen LogP contribution in [0.1, 0.15) is 50.7 Å². The second-order valence-electron chi connectivity index (χ2n) is 8.29. The van der Waals surface area contributed by atoms with Crippen LogP contribution < -0.4 is 10.6 Å². The highest BCUT2D eigenvalue weighted by Crippen LogP contribution is 2.43. The summed E-state index contributed by atoms with van der Waals surface area (Å²) in [4.78, 5) is 4.75. The Morgan fingerprint density at radius 1 is 1.13 bits per heavy atom. The molecule has 1 saturated carbocycles. The van der Waals surface area contributed by atoms with E-state index in [0.717, 1.165) is 30.2 Å². The van der Waals surface area contributed by atoms with Crippen LogP contribution in [0, 0.1) is 5.41 Å². The van der Waals surface area contributed by atoms with Crippen molar-refractivity contribution in [2.45, 2.75) is 51.8 Å². The average molecular weight is 565 g/mol. The van der Waals surface area contributed by atoms with Crippen molar-refractivity contribution in [1.29, 1.82) is 0 Å². The van der Waals surface area contributed by atoms with Crippen molar-refractivity contribution in [3.05, 3.63) is 35.4 Å². The largest absolute Gasteiger partial charge is 0.379 e. The number of guanidine groups is 1. The summed E-state index contributed by atoms with van der Waals surface area (Å²) >= 11 is 0. The van der Waals surface area contributed by atoms with Gasteiger partial charge >= 0.3 is 0 Å². The first-order chi connectivity index (χ1) is 14.5. The highest BCUT2D eigenvalue weighted by atomic mass is 127. The molecule has 0 bridgehead atoms. The van der Waals surface area contributed by atoms with E-state index in [1.807, 2.05) is 24.3 Å². The zero-order chi connectivity index (χ0) is 21.5. The van der Waals surface area contributed by atoms with Crippen molar-refractivity contribution in [3.8, 4) is 0 Å². The number of hydrogen-bond donors (Lipinski definition) is 2. The molecule has 9 heteroatoms. The highest BCUT2D eigenvalue weighted by Gasteiger charge is 2.34. The Balaban J connectivity index is 0.00000341. The smallest absolute Gasteiger partial charge is 0.218 e. The van der Waals surface area contributed by atoms with Crippen molar-refractivity contribution in [2.75, 3.05) is 39.4 Å². The van der Waals surface area contributed by atoms with Crippen molar-refractivity contribution in [2.24, 2.45) is 10.4 Å². The summed E-state index contributed by atoms with van der Waals surface area (Å²) < 4.78 is 32.5. The molecule has 2 fully saturated rings. The van der Waals surface area contributed by atoms with Crippen molar-refractivity contribution >= 4 is 40.0 Å². The summed E-state index contributed by atoms with van der Waals surface area (Å²) in [5.74, 6) is 0.796. The molecule has 2 aliphatic rings. The van der Waals surface area contributed by atoms with Crippen LogP contribution >= 0.6 is 24.0 Å². The predicted octanol–water partition coefficient (Wildman–Crippen LogP) is 3.10. The van der Waals surface area contributed by atoms with Gasteiger partial charge < -0.3 is 15.4 Å². The summed E-state index contributed by atoms with van der Waals surface area (Å²) in [5.41, 5.74) is 2.16. The van der Waals surface area contributed by atoms with Crippen molar-refractivity contribution < 1.29 is 13.2 Å². The van der Waals surface area contributed by atoms with Gasteiger partial charge in [-0.15, -0.1) is 24.0 Å². The molecule has 1 aromatic rings. The molecule has 2 N–H and O–H groups in total. The van der Waals surface area contributed by atoms with Gasteiger partial charge in [-0.2, -0.15) is 4.31 Å². The minimum absolute atomic E-state index is 0. The number of ether oxygens (including phenoxy) is 1. The second-order valence-corrected chi connectivity index (χ2v) is 10.3. The molecule has 176 valence electrons. The van der Waals surface area contributed by atoms with Gasteiger partial charge in [-0.05, 0) is 42.7 Å². The number of aliphatic imine (C=N–C) groups is 1. The lowest BCUT2D eigenvalue weighted by molar-refractivity contribution is 0.0729. The van der Waals surface area contributed by atoms with E-state index in [4.69, 9.17) is 9.73 Å². The molecule has 0 atom stereocenters. The van der Waals surface area contributed by atoms with E-state index < -0.39 is 10.0 Å². The Labute approximate surface area is 204 Å². The van der Waals surface area contributed by atoms with Gasteiger partial charge in [-0.1, -0.05) is 37.6 Å². The van der Waals surface area contributed by atoms with E-state index in [0.29, 0.717) is 38.3 Å². The summed E-state index contributed by atoms with van der Waals surface area (Å²) in [6, 6.07) is 7.69. The molecule has 0 unspecified atom stereocenters. The third kappa shape index (κ3) is 7.30. The molecule has 0 spiro atoms. The van der Waals surface area contributed by atoms with Crippen LogP contribution in [-0.4, -0.2) is 58.1 Å². The van der Waals surface area contributed by atoms with Crippen LogP contribution in [0.5, 0.6) is 0 Å². The lowest BCUT2D eigenvalue weighted by Gasteiger charge is -2.41. The lowest BCUT2D eigenvalue weighted by atomic mass is 9.67. The molecular weight excluding hydrogens is 527 g/mol. The van der Waals surface area contributed by atoms with E-state index >= 15 is 0 Å². The normalized spacial score (nSPS) is 19.2. The molecule has 1 aromatic carbocycles. The Morgan fingerprint density at radius 3 is 2.39 bits per heavy atom. The van der Waals surface area contributed by atoms with Gasteiger partial charge in [0.1, 0.15) is 0 Å². The van der Waals surface area contributed by atoms with Crippen LogP contribution in [0.3, 0.4) is 0 Å². The zero-order valence-electron chi connectivity index (χ0n) is 18.7. The quantitative estimate of drug-likeness (QED) is 0.274. The van der Waals surface area contributed by atoms with E-state index in [9.17, 15) is 8.42 Å². The SMILES string of the molecule is CCNC(=NCc1ccccc1CS(=O)(=O)N1CCOCC1)NCC1(CC)CCC1.I. The lowest BCUT2D eigenvalue weighted by Crippen LogP contribution is -2.46. The van der Waals surface area contributed by atoms with Crippen LogP contribution in [-0.2, 0) is 27.1 Å². The first kappa shape index (κ1) is 26.3. The number of morpholine rings is 1. The maximum absolute atomic E-state index is 12.8. The second kappa shape index (κ2) is 12.4. The standard InChI is InChI=1S/C22H36N4O3S.HI/c1-3-22(10-7-11-22)18-25-21(23-4-2)24-16-19-8-5-6-9-20(19)17-30(27,28)26-12-14-29-15-13-26;/h5-6,8-9H,3-4,7,10-18H2,1-2H3,(H2,23,24,25);1H. The molecule has 0 radical (unpaired) electrons. The van der Waals surface area contributed by atoms with Crippen LogP contribution in [0.15, 0.2) is 29.3 Å². The van der Waals surface area contributed by atoms with E-state index in [2.05, 4.69) is 24.5 Å². The minimum atomic E-state index is -3.36. The summed E-state index contributed by atoms with van der Waals surface area (Å²) in [7, 11) is -3.36. The Bertz CT molecular complexity index is 816. The van der Waals surface area contributed by atoms with Crippen LogP contribution in [0.25, 0.3) is 0 Å². The Morgan fingerprint density at radius 2 is 1.81 bits per heavy atom. The van der Waals surface area contributed by atoms with E-state index in [-0.39, 0.29) is 29.7 Å². The molecule has 1 heterocycles. The third-order valence-corrected chi connectivity index (χ3v) is 8.19. The fourth-order valence-electron chi connectivity index (χ4n) is 4.07. The molecule has 1 aliphatic heterocycles. The predicted molar refractivity (Wildman–Crippen MR) is 136 cm³/mol. The highest BCUT2D eigenvalue weighted by molar-refractivity contribution is 14.0. The fourth-order valence-corrected chi connectivity index (χ4v) is 5.64. The molecule has 3 rings (SSSR count). The van der Waals surface area contributed by atoms with Gasteiger partial charge in [0.25, 0.3) is 0 Å². The van der Waals surface area contributed by atoms with Gasteiger partial charge in [0.05, 0.1) is 25.5 Å². The molecule has 7 nitrogen and oxygen atoms in total. The Kier molecular flexibility index (Phi) is 10.5. The van der Waals surface area contributed by atoms with E-state index in [1.54, 1.807) is 0 Å². The summed E-state index contributed by atoms with van der Waals surface area (Å²) in [6.45, 7) is 8.26. The fraction of sp³-hybridized carbons (Fsp3) is 0.682. The maximum Gasteiger partial charge on any atom is 0.218 e. The van der Waals surface area contributed by atoms with Gasteiger partial charge in [-0.3, -0.25) is 0 Å². The van der Waals surface area contributed by atoms with Crippen molar-refractivity contribution in [3.63, 3.8) is 0 Å².